The van der Waals surface area contributed by atoms with Gasteiger partial charge in [0.2, 0.25) is 0 Å². The lowest BCUT2D eigenvalue weighted by molar-refractivity contribution is -0.384. The van der Waals surface area contributed by atoms with Gasteiger partial charge >= 0.3 is 0 Å². The molecule has 1 aliphatic carbocycles. The van der Waals surface area contributed by atoms with Crippen LogP contribution in [0.3, 0.4) is 0 Å². The molecule has 20 heavy (non-hydrogen) atoms. The van der Waals surface area contributed by atoms with E-state index in [1.807, 2.05) is 0 Å². The first kappa shape index (κ1) is 13.1. The van der Waals surface area contributed by atoms with Crippen molar-refractivity contribution in [2.45, 2.75) is 50.9 Å². The molecule has 1 aromatic carbocycles. The van der Waals surface area contributed by atoms with Crippen LogP contribution in [0.15, 0.2) is 18.2 Å². The van der Waals surface area contributed by atoms with Gasteiger partial charge in [-0.05, 0) is 18.9 Å². The van der Waals surface area contributed by atoms with Gasteiger partial charge in [-0.2, -0.15) is 0 Å². The number of fused-ring (bicyclic) bond motifs is 1. The van der Waals surface area contributed by atoms with Gasteiger partial charge in [-0.3, -0.25) is 10.1 Å². The van der Waals surface area contributed by atoms with Crippen LogP contribution < -0.4 is 0 Å². The number of aromatic nitrogens is 2. The zero-order valence-corrected chi connectivity index (χ0v) is 11.5. The smallest absolute Gasteiger partial charge is 0.271 e. The van der Waals surface area contributed by atoms with E-state index in [1.54, 1.807) is 12.1 Å². The molecular formula is C15H19N3O2. The molecular weight excluding hydrogens is 254 g/mol. The summed E-state index contributed by atoms with van der Waals surface area (Å²) in [5, 5.41) is 10.8. The molecule has 3 rings (SSSR count). The molecule has 106 valence electrons. The lowest BCUT2D eigenvalue weighted by atomic mass is 9.91. The molecule has 0 unspecified atom stereocenters. The zero-order chi connectivity index (χ0) is 13.9. The molecule has 0 aliphatic heterocycles. The molecule has 0 radical (unpaired) electrons. The molecule has 0 spiro atoms. The van der Waals surface area contributed by atoms with E-state index >= 15 is 0 Å². The van der Waals surface area contributed by atoms with E-state index in [4.69, 9.17) is 0 Å². The van der Waals surface area contributed by atoms with Crippen molar-refractivity contribution in [2.24, 2.45) is 0 Å². The number of imidazole rings is 1. The van der Waals surface area contributed by atoms with Crippen LogP contribution in [-0.4, -0.2) is 14.9 Å². The number of hydrogen-bond donors (Lipinski definition) is 1. The number of H-pyrrole nitrogens is 1. The molecule has 1 saturated carbocycles. The predicted octanol–water partition coefficient (Wildman–Crippen LogP) is 4.30. The number of nitrogens with one attached hydrogen (secondary N) is 1. The van der Waals surface area contributed by atoms with E-state index in [1.165, 1.54) is 51.0 Å². The maximum Gasteiger partial charge on any atom is 0.271 e. The summed E-state index contributed by atoms with van der Waals surface area (Å²) in [4.78, 5) is 18.4. The number of aromatic amines is 1. The first-order valence-corrected chi connectivity index (χ1v) is 7.38. The Hall–Kier alpha value is -1.91. The number of nitrogens with zero attached hydrogens (tertiary/aromatic N) is 2. The Kier molecular flexibility index (Phi) is 3.67. The Morgan fingerprint density at radius 3 is 2.55 bits per heavy atom. The molecule has 5 heteroatoms. The van der Waals surface area contributed by atoms with Crippen LogP contribution in [0.1, 0.15) is 56.7 Å². The standard InChI is InChI=1S/C15H19N3O2/c19-18(20)12-8-9-13-14(10-12)17-15(16-13)11-6-4-2-1-3-5-7-11/h8-11H,1-7H2,(H,16,17). The Labute approximate surface area is 117 Å². The average Bonchev–Trinajstić information content (AvgIpc) is 2.80. The quantitative estimate of drug-likeness (QED) is 0.655. The van der Waals surface area contributed by atoms with Gasteiger partial charge < -0.3 is 4.98 Å². The topological polar surface area (TPSA) is 71.8 Å². The largest absolute Gasteiger partial charge is 0.342 e. The highest BCUT2D eigenvalue weighted by atomic mass is 16.6. The molecule has 0 bridgehead atoms. The van der Waals surface area contributed by atoms with E-state index in [2.05, 4.69) is 9.97 Å². The Bertz CT molecular complexity index is 613. The van der Waals surface area contributed by atoms with Crippen molar-refractivity contribution in [2.75, 3.05) is 0 Å². The summed E-state index contributed by atoms with van der Waals surface area (Å²) in [6.45, 7) is 0. The fourth-order valence-electron chi connectivity index (χ4n) is 3.05. The third kappa shape index (κ3) is 2.66. The minimum absolute atomic E-state index is 0.116. The summed E-state index contributed by atoms with van der Waals surface area (Å²) in [6.07, 6.45) is 8.80. The minimum Gasteiger partial charge on any atom is -0.342 e. The number of nitro benzene ring substituents is 1. The first-order valence-electron chi connectivity index (χ1n) is 7.38. The second-order valence-corrected chi connectivity index (χ2v) is 5.62. The van der Waals surface area contributed by atoms with Crippen molar-refractivity contribution in [3.63, 3.8) is 0 Å². The molecule has 0 atom stereocenters. The van der Waals surface area contributed by atoms with E-state index in [0.717, 1.165) is 16.9 Å². The lowest BCUT2D eigenvalue weighted by Gasteiger charge is -2.17. The second kappa shape index (κ2) is 5.61. The third-order valence-electron chi connectivity index (χ3n) is 4.19. The second-order valence-electron chi connectivity index (χ2n) is 5.62. The van der Waals surface area contributed by atoms with E-state index < -0.39 is 0 Å². The molecule has 1 aliphatic rings. The van der Waals surface area contributed by atoms with Gasteiger partial charge in [0, 0.05) is 18.1 Å². The zero-order valence-electron chi connectivity index (χ0n) is 11.5. The van der Waals surface area contributed by atoms with Gasteiger partial charge in [-0.1, -0.05) is 32.1 Å². The number of rotatable bonds is 2. The fourth-order valence-corrected chi connectivity index (χ4v) is 3.05. The Morgan fingerprint density at radius 1 is 1.15 bits per heavy atom. The monoisotopic (exact) mass is 273 g/mol. The molecule has 1 N–H and O–H groups in total. The summed E-state index contributed by atoms with van der Waals surface area (Å²) >= 11 is 0. The van der Waals surface area contributed by atoms with Crippen molar-refractivity contribution >= 4 is 16.7 Å². The SMILES string of the molecule is O=[N+]([O-])c1ccc2nc(C3CCCCCCC3)[nH]c2c1. The molecule has 2 aromatic rings. The molecule has 1 aromatic heterocycles. The van der Waals surface area contributed by atoms with E-state index in [0.29, 0.717) is 5.92 Å². The summed E-state index contributed by atoms with van der Waals surface area (Å²) in [6, 6.07) is 4.83. The van der Waals surface area contributed by atoms with E-state index in [-0.39, 0.29) is 10.6 Å². The molecule has 1 fully saturated rings. The average molecular weight is 273 g/mol. The van der Waals surface area contributed by atoms with Crippen molar-refractivity contribution in [1.29, 1.82) is 0 Å². The predicted molar refractivity (Wildman–Crippen MR) is 77.8 cm³/mol. The van der Waals surface area contributed by atoms with Gasteiger partial charge in [0.15, 0.2) is 0 Å². The highest BCUT2D eigenvalue weighted by molar-refractivity contribution is 5.77. The Balaban J connectivity index is 1.89. The molecule has 0 saturated heterocycles. The highest BCUT2D eigenvalue weighted by Crippen LogP contribution is 2.31. The number of non-ortho nitro benzene ring substituents is 1. The number of hydrogen-bond acceptors (Lipinski definition) is 3. The fraction of sp³-hybridized carbons (Fsp3) is 0.533. The van der Waals surface area contributed by atoms with Gasteiger partial charge in [0.25, 0.3) is 5.69 Å². The highest BCUT2D eigenvalue weighted by Gasteiger charge is 2.18. The lowest BCUT2D eigenvalue weighted by Crippen LogP contribution is -2.04. The number of nitro groups is 1. The number of benzene rings is 1. The van der Waals surface area contributed by atoms with Crippen LogP contribution in [-0.2, 0) is 0 Å². The Morgan fingerprint density at radius 2 is 1.85 bits per heavy atom. The van der Waals surface area contributed by atoms with Crippen molar-refractivity contribution in [3.05, 3.63) is 34.1 Å². The summed E-state index contributed by atoms with van der Waals surface area (Å²) in [7, 11) is 0. The summed E-state index contributed by atoms with van der Waals surface area (Å²) in [5.74, 6) is 1.48. The van der Waals surface area contributed by atoms with Crippen molar-refractivity contribution < 1.29 is 4.92 Å². The van der Waals surface area contributed by atoms with Gasteiger partial charge in [-0.25, -0.2) is 4.98 Å². The van der Waals surface area contributed by atoms with E-state index in [9.17, 15) is 10.1 Å². The van der Waals surface area contributed by atoms with Crippen molar-refractivity contribution in [3.8, 4) is 0 Å². The van der Waals surface area contributed by atoms with Gasteiger partial charge in [-0.15, -0.1) is 0 Å². The van der Waals surface area contributed by atoms with Crippen LogP contribution in [0.25, 0.3) is 11.0 Å². The molecule has 1 heterocycles. The van der Waals surface area contributed by atoms with Gasteiger partial charge in [0.1, 0.15) is 5.82 Å². The normalized spacial score (nSPS) is 17.8. The van der Waals surface area contributed by atoms with Crippen LogP contribution in [0.2, 0.25) is 0 Å². The molecule has 5 nitrogen and oxygen atoms in total. The first-order chi connectivity index (χ1) is 9.74. The van der Waals surface area contributed by atoms with Gasteiger partial charge in [0.05, 0.1) is 16.0 Å². The minimum atomic E-state index is -0.365. The third-order valence-corrected chi connectivity index (χ3v) is 4.19. The maximum absolute atomic E-state index is 10.8. The summed E-state index contributed by atoms with van der Waals surface area (Å²) < 4.78 is 0. The maximum atomic E-state index is 10.8. The van der Waals surface area contributed by atoms with Crippen molar-refractivity contribution in [1.82, 2.24) is 9.97 Å². The summed E-state index contributed by atoms with van der Waals surface area (Å²) in [5.41, 5.74) is 1.72. The molecule has 0 amide bonds. The van der Waals surface area contributed by atoms with Crippen LogP contribution in [0, 0.1) is 10.1 Å². The van der Waals surface area contributed by atoms with Crippen LogP contribution >= 0.6 is 0 Å². The van der Waals surface area contributed by atoms with Crippen LogP contribution in [0.4, 0.5) is 5.69 Å². The van der Waals surface area contributed by atoms with Crippen LogP contribution in [0.5, 0.6) is 0 Å².